The predicted octanol–water partition coefficient (Wildman–Crippen LogP) is 4.27. The van der Waals surface area contributed by atoms with Crippen molar-refractivity contribution < 1.29 is 9.47 Å². The SMILES string of the molecule is CCCCNc1nc(S)ncc1OCc1cccc2c1OCCCC2. The molecule has 0 bridgehead atoms. The van der Waals surface area contributed by atoms with Crippen LogP contribution >= 0.6 is 12.6 Å². The van der Waals surface area contributed by atoms with E-state index >= 15 is 0 Å². The Morgan fingerprint density at radius 1 is 1.32 bits per heavy atom. The van der Waals surface area contributed by atoms with Gasteiger partial charge in [-0.25, -0.2) is 9.97 Å². The average Bonchev–Trinajstić information content (AvgIpc) is 2.87. The summed E-state index contributed by atoms with van der Waals surface area (Å²) in [7, 11) is 0. The lowest BCUT2D eigenvalue weighted by Gasteiger charge is -2.15. The lowest BCUT2D eigenvalue weighted by molar-refractivity contribution is 0.279. The summed E-state index contributed by atoms with van der Waals surface area (Å²) < 4.78 is 12.0. The van der Waals surface area contributed by atoms with Crippen LogP contribution in [0.5, 0.6) is 11.5 Å². The molecule has 5 nitrogen and oxygen atoms in total. The maximum absolute atomic E-state index is 6.01. The van der Waals surface area contributed by atoms with Gasteiger partial charge in [0, 0.05) is 12.1 Å². The summed E-state index contributed by atoms with van der Waals surface area (Å²) in [5, 5.41) is 3.74. The molecule has 0 spiro atoms. The molecular formula is C19H25N3O2S. The molecule has 0 amide bonds. The summed E-state index contributed by atoms with van der Waals surface area (Å²) in [5.41, 5.74) is 2.33. The van der Waals surface area contributed by atoms with E-state index in [-0.39, 0.29) is 0 Å². The minimum absolute atomic E-state index is 0.431. The second-order valence-electron chi connectivity index (χ2n) is 6.16. The van der Waals surface area contributed by atoms with Gasteiger partial charge in [0.25, 0.3) is 0 Å². The molecule has 2 aromatic rings. The summed E-state index contributed by atoms with van der Waals surface area (Å²) in [6.45, 7) is 4.21. The molecule has 1 aliphatic rings. The van der Waals surface area contributed by atoms with Gasteiger partial charge in [0.2, 0.25) is 0 Å². The van der Waals surface area contributed by atoms with Crippen LogP contribution in [0, 0.1) is 0 Å². The summed E-state index contributed by atoms with van der Waals surface area (Å²) in [5.74, 6) is 2.31. The van der Waals surface area contributed by atoms with Crippen molar-refractivity contribution >= 4 is 18.4 Å². The minimum atomic E-state index is 0.431. The van der Waals surface area contributed by atoms with Crippen molar-refractivity contribution in [2.75, 3.05) is 18.5 Å². The van der Waals surface area contributed by atoms with E-state index in [9.17, 15) is 0 Å². The lowest BCUT2D eigenvalue weighted by atomic mass is 10.0. The maximum Gasteiger partial charge on any atom is 0.186 e. The second kappa shape index (κ2) is 8.94. The van der Waals surface area contributed by atoms with Gasteiger partial charge < -0.3 is 14.8 Å². The molecule has 2 heterocycles. The number of aryl methyl sites for hydroxylation is 1. The number of benzene rings is 1. The molecule has 1 aromatic heterocycles. The first-order valence-corrected chi connectivity index (χ1v) is 9.39. The summed E-state index contributed by atoms with van der Waals surface area (Å²) in [6, 6.07) is 6.27. The van der Waals surface area contributed by atoms with Crippen LogP contribution < -0.4 is 14.8 Å². The molecule has 0 aliphatic carbocycles. The smallest absolute Gasteiger partial charge is 0.186 e. The molecule has 3 rings (SSSR count). The number of para-hydroxylation sites is 1. The Morgan fingerprint density at radius 2 is 2.24 bits per heavy atom. The minimum Gasteiger partial charge on any atom is -0.493 e. The molecule has 6 heteroatoms. The van der Waals surface area contributed by atoms with E-state index in [1.807, 2.05) is 0 Å². The van der Waals surface area contributed by atoms with Crippen molar-refractivity contribution in [1.82, 2.24) is 9.97 Å². The van der Waals surface area contributed by atoms with E-state index in [4.69, 9.17) is 9.47 Å². The first kappa shape index (κ1) is 17.9. The predicted molar refractivity (Wildman–Crippen MR) is 102 cm³/mol. The second-order valence-corrected chi connectivity index (χ2v) is 6.56. The number of thiol groups is 1. The molecular weight excluding hydrogens is 334 g/mol. The van der Waals surface area contributed by atoms with Gasteiger partial charge >= 0.3 is 0 Å². The maximum atomic E-state index is 6.01. The number of anilines is 1. The van der Waals surface area contributed by atoms with Crippen LogP contribution in [0.2, 0.25) is 0 Å². The Morgan fingerprint density at radius 3 is 3.12 bits per heavy atom. The lowest BCUT2D eigenvalue weighted by Crippen LogP contribution is -2.08. The first-order valence-electron chi connectivity index (χ1n) is 8.94. The molecule has 1 N–H and O–H groups in total. The Hall–Kier alpha value is -1.95. The Labute approximate surface area is 154 Å². The third kappa shape index (κ3) is 4.78. The highest BCUT2D eigenvalue weighted by molar-refractivity contribution is 7.80. The zero-order chi connectivity index (χ0) is 17.5. The van der Waals surface area contributed by atoms with Gasteiger partial charge in [0.15, 0.2) is 16.7 Å². The Bertz CT molecular complexity index is 709. The van der Waals surface area contributed by atoms with Crippen molar-refractivity contribution in [1.29, 1.82) is 0 Å². The highest BCUT2D eigenvalue weighted by Crippen LogP contribution is 2.30. The van der Waals surface area contributed by atoms with E-state index in [0.29, 0.717) is 23.3 Å². The average molecular weight is 359 g/mol. The number of rotatable bonds is 7. The number of fused-ring (bicyclic) bond motifs is 1. The summed E-state index contributed by atoms with van der Waals surface area (Å²) in [6.07, 6.45) is 7.19. The zero-order valence-electron chi connectivity index (χ0n) is 14.6. The van der Waals surface area contributed by atoms with Crippen LogP contribution in [0.3, 0.4) is 0 Å². The van der Waals surface area contributed by atoms with Crippen LogP contribution in [0.15, 0.2) is 29.6 Å². The number of nitrogens with zero attached hydrogens (tertiary/aromatic N) is 2. The molecule has 1 aromatic carbocycles. The number of ether oxygens (including phenoxy) is 2. The topological polar surface area (TPSA) is 56.3 Å². The first-order chi connectivity index (χ1) is 12.3. The van der Waals surface area contributed by atoms with Crippen LogP contribution in [-0.4, -0.2) is 23.1 Å². The van der Waals surface area contributed by atoms with Crippen LogP contribution in [0.4, 0.5) is 5.82 Å². The van der Waals surface area contributed by atoms with Gasteiger partial charge in [-0.15, -0.1) is 12.6 Å². The van der Waals surface area contributed by atoms with Crippen molar-refractivity contribution in [3.05, 3.63) is 35.5 Å². The molecule has 134 valence electrons. The van der Waals surface area contributed by atoms with Gasteiger partial charge in [-0.1, -0.05) is 31.5 Å². The van der Waals surface area contributed by atoms with E-state index in [1.165, 1.54) is 12.0 Å². The van der Waals surface area contributed by atoms with Crippen molar-refractivity contribution in [3.63, 3.8) is 0 Å². The fourth-order valence-electron chi connectivity index (χ4n) is 2.86. The third-order valence-electron chi connectivity index (χ3n) is 4.21. The standard InChI is InChI=1S/C19H25N3O2S/c1-2-3-10-20-18-16(12-21-19(25)22-18)24-13-15-9-6-8-14-7-4-5-11-23-17(14)15/h6,8-9,12H,2-5,7,10-11,13H2,1H3,(H2,20,21,22,25). The Kier molecular flexibility index (Phi) is 6.39. The Balaban J connectivity index is 1.73. The van der Waals surface area contributed by atoms with Crippen LogP contribution in [0.25, 0.3) is 0 Å². The molecule has 1 aliphatic heterocycles. The zero-order valence-corrected chi connectivity index (χ0v) is 15.5. The molecule has 0 atom stereocenters. The van der Waals surface area contributed by atoms with Crippen molar-refractivity contribution in [2.45, 2.75) is 50.8 Å². The molecule has 0 radical (unpaired) electrons. The van der Waals surface area contributed by atoms with E-state index in [0.717, 1.165) is 50.1 Å². The van der Waals surface area contributed by atoms with Crippen molar-refractivity contribution in [3.8, 4) is 11.5 Å². The number of hydrogen-bond donors (Lipinski definition) is 2. The largest absolute Gasteiger partial charge is 0.493 e. The van der Waals surface area contributed by atoms with Gasteiger partial charge in [0.1, 0.15) is 12.4 Å². The number of unbranched alkanes of at least 4 members (excludes halogenated alkanes) is 1. The highest BCUT2D eigenvalue weighted by Gasteiger charge is 2.14. The van der Waals surface area contributed by atoms with E-state index in [1.54, 1.807) is 6.20 Å². The van der Waals surface area contributed by atoms with Crippen LogP contribution in [-0.2, 0) is 13.0 Å². The molecule has 25 heavy (non-hydrogen) atoms. The molecule has 0 fully saturated rings. The number of nitrogens with one attached hydrogen (secondary N) is 1. The number of aromatic nitrogens is 2. The van der Waals surface area contributed by atoms with E-state index < -0.39 is 0 Å². The fourth-order valence-corrected chi connectivity index (χ4v) is 3.02. The van der Waals surface area contributed by atoms with Gasteiger partial charge in [-0.3, -0.25) is 0 Å². The number of hydrogen-bond acceptors (Lipinski definition) is 6. The van der Waals surface area contributed by atoms with Crippen molar-refractivity contribution in [2.24, 2.45) is 0 Å². The summed E-state index contributed by atoms with van der Waals surface area (Å²) >= 11 is 4.22. The molecule has 0 unspecified atom stereocenters. The van der Waals surface area contributed by atoms with Gasteiger partial charge in [-0.2, -0.15) is 0 Å². The quantitative estimate of drug-likeness (QED) is 0.439. The van der Waals surface area contributed by atoms with E-state index in [2.05, 4.69) is 53.0 Å². The monoisotopic (exact) mass is 359 g/mol. The fraction of sp³-hybridized carbons (Fsp3) is 0.474. The van der Waals surface area contributed by atoms with Gasteiger partial charge in [-0.05, 0) is 31.2 Å². The third-order valence-corrected chi connectivity index (χ3v) is 4.43. The highest BCUT2D eigenvalue weighted by atomic mass is 32.1. The molecule has 0 saturated heterocycles. The summed E-state index contributed by atoms with van der Waals surface area (Å²) in [4.78, 5) is 8.49. The van der Waals surface area contributed by atoms with Crippen LogP contribution in [0.1, 0.15) is 43.7 Å². The van der Waals surface area contributed by atoms with Gasteiger partial charge in [0.05, 0.1) is 12.8 Å². The normalized spacial score (nSPS) is 13.5. The molecule has 0 saturated carbocycles.